The fraction of sp³-hybridized carbons (Fsp3) is 0.222. The second kappa shape index (κ2) is 12.4. The number of pyridine rings is 1. The maximum absolute atomic E-state index is 13.5. The topological polar surface area (TPSA) is 110 Å². The monoisotopic (exact) mass is 597 g/mol. The Morgan fingerprint density at radius 3 is 2.76 bits per heavy atom. The quantitative estimate of drug-likeness (QED) is 0.166. The molecule has 0 bridgehead atoms. The number of H-pyrrole nitrogens is 1. The summed E-state index contributed by atoms with van der Waals surface area (Å²) in [5, 5.41) is 12.6. The average molecular weight is 598 g/mol. The van der Waals surface area contributed by atoms with Crippen LogP contribution in [0.15, 0.2) is 85.1 Å². The highest BCUT2D eigenvalue weighted by Gasteiger charge is 2.22. The number of aromatic nitrogens is 5. The zero-order valence-electron chi connectivity index (χ0n) is 25.3. The molecule has 1 aliphatic heterocycles. The standard InChI is InChI=1S/C36H35N7O2/c1-23-18-19-37-25(21-23)15-17-30-27-16-14-26(22-33(27)43(42-30)34-13-7-8-20-45-34)39-29-10-4-3-9-28(29)36(44)38-24(2)35-40-31-11-5-6-12-32(31)41-35/h3-6,9-12,14-19,21-22,24,34,39H,7-8,13,20H2,1-2H3,(H,38,44)(H,40,41). The fourth-order valence-corrected chi connectivity index (χ4v) is 5.78. The Kier molecular flexibility index (Phi) is 7.83. The minimum atomic E-state index is -0.305. The minimum Gasteiger partial charge on any atom is -0.356 e. The molecule has 3 aromatic heterocycles. The average Bonchev–Trinajstić information content (AvgIpc) is 3.66. The van der Waals surface area contributed by atoms with E-state index in [9.17, 15) is 4.79 Å². The van der Waals surface area contributed by atoms with Crippen molar-refractivity contribution in [3.8, 4) is 0 Å². The molecule has 3 N–H and O–H groups in total. The van der Waals surface area contributed by atoms with Gasteiger partial charge in [-0.2, -0.15) is 5.10 Å². The Bertz CT molecular complexity index is 1990. The summed E-state index contributed by atoms with van der Waals surface area (Å²) in [6, 6.07) is 25.3. The lowest BCUT2D eigenvalue weighted by atomic mass is 10.1. The Morgan fingerprint density at radius 1 is 1.04 bits per heavy atom. The lowest BCUT2D eigenvalue weighted by Crippen LogP contribution is -2.28. The molecular formula is C36H35N7O2. The number of carbonyl (C=O) groups is 1. The van der Waals surface area contributed by atoms with E-state index in [2.05, 4.69) is 44.6 Å². The zero-order chi connectivity index (χ0) is 30.8. The third kappa shape index (κ3) is 6.07. The van der Waals surface area contributed by atoms with Crippen molar-refractivity contribution in [1.29, 1.82) is 0 Å². The predicted molar refractivity (Wildman–Crippen MR) is 178 cm³/mol. The van der Waals surface area contributed by atoms with E-state index in [4.69, 9.17) is 9.84 Å². The second-order valence-corrected chi connectivity index (χ2v) is 11.5. The number of nitrogens with one attached hydrogen (secondary N) is 3. The number of anilines is 2. The molecule has 2 unspecified atom stereocenters. The number of amides is 1. The first-order valence-electron chi connectivity index (χ1n) is 15.4. The van der Waals surface area contributed by atoms with Gasteiger partial charge in [-0.25, -0.2) is 9.67 Å². The van der Waals surface area contributed by atoms with Crippen LogP contribution in [-0.2, 0) is 4.74 Å². The van der Waals surface area contributed by atoms with E-state index in [-0.39, 0.29) is 18.2 Å². The molecule has 45 heavy (non-hydrogen) atoms. The number of carbonyl (C=O) groups excluding carboxylic acids is 1. The molecular weight excluding hydrogens is 562 g/mol. The van der Waals surface area contributed by atoms with Crippen molar-refractivity contribution < 1.29 is 9.53 Å². The van der Waals surface area contributed by atoms with Gasteiger partial charge >= 0.3 is 0 Å². The minimum absolute atomic E-state index is 0.131. The van der Waals surface area contributed by atoms with Crippen molar-refractivity contribution >= 4 is 51.4 Å². The van der Waals surface area contributed by atoms with Crippen molar-refractivity contribution in [1.82, 2.24) is 30.0 Å². The van der Waals surface area contributed by atoms with Crippen LogP contribution in [0.2, 0.25) is 0 Å². The van der Waals surface area contributed by atoms with Gasteiger partial charge in [0.05, 0.1) is 45.2 Å². The fourth-order valence-electron chi connectivity index (χ4n) is 5.78. The molecule has 9 heteroatoms. The molecule has 9 nitrogen and oxygen atoms in total. The van der Waals surface area contributed by atoms with Crippen LogP contribution in [0.25, 0.3) is 34.1 Å². The highest BCUT2D eigenvalue weighted by atomic mass is 16.5. The lowest BCUT2D eigenvalue weighted by molar-refractivity contribution is -0.0367. The summed E-state index contributed by atoms with van der Waals surface area (Å²) in [4.78, 5) is 25.9. The largest absolute Gasteiger partial charge is 0.356 e. The Labute approximate surface area is 261 Å². The van der Waals surface area contributed by atoms with E-state index in [0.717, 1.165) is 70.4 Å². The molecule has 1 saturated heterocycles. The first-order valence-corrected chi connectivity index (χ1v) is 15.4. The number of fused-ring (bicyclic) bond motifs is 2. The van der Waals surface area contributed by atoms with Crippen LogP contribution < -0.4 is 10.6 Å². The van der Waals surface area contributed by atoms with Gasteiger partial charge in [0.25, 0.3) is 5.91 Å². The predicted octanol–water partition coefficient (Wildman–Crippen LogP) is 7.72. The summed E-state index contributed by atoms with van der Waals surface area (Å²) >= 11 is 0. The van der Waals surface area contributed by atoms with E-state index in [1.54, 1.807) is 0 Å². The summed E-state index contributed by atoms with van der Waals surface area (Å²) in [6.07, 6.45) is 8.75. The molecule has 0 spiro atoms. The maximum atomic E-state index is 13.5. The highest BCUT2D eigenvalue weighted by Crippen LogP contribution is 2.32. The number of rotatable bonds is 8. The van der Waals surface area contributed by atoms with Crippen LogP contribution in [0, 0.1) is 6.92 Å². The third-order valence-electron chi connectivity index (χ3n) is 8.13. The first-order chi connectivity index (χ1) is 22.0. The number of nitrogens with zero attached hydrogens (tertiary/aromatic N) is 4. The lowest BCUT2D eigenvalue weighted by Gasteiger charge is -2.23. The van der Waals surface area contributed by atoms with E-state index >= 15 is 0 Å². The number of hydrogen-bond donors (Lipinski definition) is 3. The van der Waals surface area contributed by atoms with Crippen LogP contribution >= 0.6 is 0 Å². The SMILES string of the molecule is Cc1ccnc(C=Cc2nn(C3CCCCO3)c3cc(Nc4ccccc4C(=O)NC(C)c4nc5ccccc5[nH]4)ccc23)c1. The number of imidazole rings is 1. The molecule has 0 radical (unpaired) electrons. The van der Waals surface area contributed by atoms with Crippen LogP contribution in [0.1, 0.15) is 71.6 Å². The zero-order valence-corrected chi connectivity index (χ0v) is 25.3. The van der Waals surface area contributed by atoms with Gasteiger partial charge in [-0.05, 0) is 105 Å². The van der Waals surface area contributed by atoms with Crippen molar-refractivity contribution in [2.75, 3.05) is 11.9 Å². The van der Waals surface area contributed by atoms with Crippen molar-refractivity contribution in [2.45, 2.75) is 45.4 Å². The molecule has 3 aromatic carbocycles. The van der Waals surface area contributed by atoms with Crippen LogP contribution in [-0.4, -0.2) is 37.2 Å². The van der Waals surface area contributed by atoms with E-state index in [1.165, 1.54) is 0 Å². The number of ether oxygens (including phenoxy) is 1. The smallest absolute Gasteiger partial charge is 0.253 e. The molecule has 7 rings (SSSR count). The third-order valence-corrected chi connectivity index (χ3v) is 8.13. The molecule has 0 saturated carbocycles. The Hall–Kier alpha value is -5.28. The normalized spacial score (nSPS) is 15.9. The molecule has 4 heterocycles. The van der Waals surface area contributed by atoms with Crippen molar-refractivity contribution in [2.24, 2.45) is 0 Å². The van der Waals surface area contributed by atoms with Crippen LogP contribution in [0.5, 0.6) is 0 Å². The van der Waals surface area contributed by atoms with Crippen molar-refractivity contribution in [3.63, 3.8) is 0 Å². The number of para-hydroxylation sites is 3. The Balaban J connectivity index is 1.17. The van der Waals surface area contributed by atoms with Crippen molar-refractivity contribution in [3.05, 3.63) is 113 Å². The highest BCUT2D eigenvalue weighted by molar-refractivity contribution is 6.01. The molecule has 1 fully saturated rings. The van der Waals surface area contributed by atoms with E-state index in [0.29, 0.717) is 17.1 Å². The first kappa shape index (κ1) is 28.5. The van der Waals surface area contributed by atoms with Gasteiger partial charge in [-0.3, -0.25) is 9.78 Å². The van der Waals surface area contributed by atoms with Gasteiger partial charge < -0.3 is 20.4 Å². The van der Waals surface area contributed by atoms with Gasteiger partial charge in [0.1, 0.15) is 5.82 Å². The van der Waals surface area contributed by atoms with E-state index < -0.39 is 0 Å². The molecule has 1 aliphatic rings. The number of benzene rings is 3. The number of aryl methyl sites for hydroxylation is 1. The van der Waals surface area contributed by atoms with E-state index in [1.807, 2.05) is 96.7 Å². The Morgan fingerprint density at radius 2 is 1.91 bits per heavy atom. The van der Waals surface area contributed by atoms with Crippen LogP contribution in [0.3, 0.4) is 0 Å². The summed E-state index contributed by atoms with van der Waals surface area (Å²) < 4.78 is 8.14. The summed E-state index contributed by atoms with van der Waals surface area (Å²) in [6.45, 7) is 4.70. The molecule has 6 aromatic rings. The molecule has 1 amide bonds. The van der Waals surface area contributed by atoms with Crippen LogP contribution in [0.4, 0.5) is 11.4 Å². The summed E-state index contributed by atoms with van der Waals surface area (Å²) in [5.41, 5.74) is 7.76. The molecule has 0 aliphatic carbocycles. The number of hydrogen-bond acceptors (Lipinski definition) is 6. The number of aromatic amines is 1. The van der Waals surface area contributed by atoms with Gasteiger partial charge in [0.2, 0.25) is 0 Å². The summed E-state index contributed by atoms with van der Waals surface area (Å²) in [7, 11) is 0. The maximum Gasteiger partial charge on any atom is 0.253 e. The second-order valence-electron chi connectivity index (χ2n) is 11.5. The molecule has 226 valence electrons. The van der Waals surface area contributed by atoms with Gasteiger partial charge in [-0.1, -0.05) is 24.3 Å². The summed E-state index contributed by atoms with van der Waals surface area (Å²) in [5.74, 6) is 0.520. The van der Waals surface area contributed by atoms with Gasteiger partial charge in [-0.15, -0.1) is 0 Å². The molecule has 2 atom stereocenters. The van der Waals surface area contributed by atoms with Gasteiger partial charge in [0, 0.05) is 23.9 Å². The van der Waals surface area contributed by atoms with Gasteiger partial charge in [0.15, 0.2) is 6.23 Å².